The second-order valence-corrected chi connectivity index (χ2v) is 5.59. The molecule has 0 aromatic heterocycles. The normalized spacial score (nSPS) is 18.3. The van der Waals surface area contributed by atoms with Gasteiger partial charge in [-0.05, 0) is 37.1 Å². The van der Waals surface area contributed by atoms with E-state index in [1.807, 2.05) is 13.8 Å². The average Bonchev–Trinajstić information content (AvgIpc) is 2.59. The van der Waals surface area contributed by atoms with E-state index in [2.05, 4.69) is 10.3 Å². The van der Waals surface area contributed by atoms with Gasteiger partial charge in [-0.2, -0.15) is 4.99 Å². The highest BCUT2D eigenvalue weighted by molar-refractivity contribution is 6.21. The molecule has 9 nitrogen and oxygen atoms in total. The van der Waals surface area contributed by atoms with Crippen LogP contribution in [0.4, 0.5) is 0 Å². The molecule has 0 saturated heterocycles. The SMILES string of the molecule is CCC(C)Oc1ccc(/C=C/C2=NC(=O)C([N+](=O)[O-])C(=O)N2)cc1OC. The van der Waals surface area contributed by atoms with Gasteiger partial charge in [0.1, 0.15) is 5.84 Å². The van der Waals surface area contributed by atoms with E-state index in [4.69, 9.17) is 9.47 Å². The Kier molecular flexibility index (Phi) is 6.05. The van der Waals surface area contributed by atoms with Gasteiger partial charge in [-0.3, -0.25) is 19.7 Å². The Morgan fingerprint density at radius 1 is 1.35 bits per heavy atom. The number of amides is 2. The summed E-state index contributed by atoms with van der Waals surface area (Å²) in [4.78, 5) is 36.4. The number of amidine groups is 1. The van der Waals surface area contributed by atoms with Gasteiger partial charge in [-0.1, -0.05) is 19.1 Å². The predicted molar refractivity (Wildman–Crippen MR) is 93.8 cm³/mol. The van der Waals surface area contributed by atoms with Gasteiger partial charge >= 0.3 is 17.9 Å². The Balaban J connectivity index is 2.18. The molecule has 2 rings (SSSR count). The van der Waals surface area contributed by atoms with Crippen LogP contribution in [0, 0.1) is 10.1 Å². The standard InChI is InChI=1S/C17H19N3O6/c1-4-10(2)26-12-7-5-11(9-13(12)25-3)6-8-14-18-16(21)15(20(23)24)17(22)19-14/h5-10,15H,4H2,1-3H3,(H,18,19,21,22)/b8-6+. The smallest absolute Gasteiger partial charge is 0.368 e. The van der Waals surface area contributed by atoms with E-state index in [1.54, 1.807) is 24.3 Å². The highest BCUT2D eigenvalue weighted by Gasteiger charge is 2.41. The van der Waals surface area contributed by atoms with Crippen molar-refractivity contribution in [1.82, 2.24) is 5.32 Å². The zero-order chi connectivity index (χ0) is 19.3. The number of ether oxygens (including phenoxy) is 2. The second-order valence-electron chi connectivity index (χ2n) is 5.59. The quantitative estimate of drug-likeness (QED) is 0.447. The first kappa shape index (κ1) is 19.1. The van der Waals surface area contributed by atoms with Crippen molar-refractivity contribution in [2.45, 2.75) is 32.4 Å². The van der Waals surface area contributed by atoms with Gasteiger partial charge < -0.3 is 14.8 Å². The summed E-state index contributed by atoms with van der Waals surface area (Å²) in [5.41, 5.74) is 0.708. The van der Waals surface area contributed by atoms with E-state index >= 15 is 0 Å². The third-order valence-electron chi connectivity index (χ3n) is 3.70. The van der Waals surface area contributed by atoms with Crippen LogP contribution in [0.3, 0.4) is 0 Å². The lowest BCUT2D eigenvalue weighted by Crippen LogP contribution is -2.50. The van der Waals surface area contributed by atoms with E-state index in [-0.39, 0.29) is 11.9 Å². The minimum Gasteiger partial charge on any atom is -0.493 e. The molecule has 2 unspecified atom stereocenters. The molecule has 0 radical (unpaired) electrons. The molecule has 138 valence electrons. The Labute approximate surface area is 149 Å². The van der Waals surface area contributed by atoms with Crippen LogP contribution >= 0.6 is 0 Å². The zero-order valence-corrected chi connectivity index (χ0v) is 14.6. The van der Waals surface area contributed by atoms with Crippen molar-refractivity contribution in [2.24, 2.45) is 4.99 Å². The molecular weight excluding hydrogens is 342 g/mol. The fraction of sp³-hybridized carbons (Fsp3) is 0.353. The third-order valence-corrected chi connectivity index (χ3v) is 3.70. The van der Waals surface area contributed by atoms with Crippen molar-refractivity contribution in [2.75, 3.05) is 7.11 Å². The average molecular weight is 361 g/mol. The molecule has 0 bridgehead atoms. The van der Waals surface area contributed by atoms with Gasteiger partial charge in [0.15, 0.2) is 11.5 Å². The van der Waals surface area contributed by atoms with E-state index in [1.165, 1.54) is 13.2 Å². The Bertz CT molecular complexity index is 787. The molecule has 26 heavy (non-hydrogen) atoms. The van der Waals surface area contributed by atoms with Gasteiger partial charge in [-0.25, -0.2) is 0 Å². The summed E-state index contributed by atoms with van der Waals surface area (Å²) in [5, 5.41) is 12.9. The first-order valence-corrected chi connectivity index (χ1v) is 7.95. The van der Waals surface area contributed by atoms with Crippen molar-refractivity contribution in [1.29, 1.82) is 0 Å². The summed E-state index contributed by atoms with van der Waals surface area (Å²) in [6.45, 7) is 3.96. The summed E-state index contributed by atoms with van der Waals surface area (Å²) >= 11 is 0. The van der Waals surface area contributed by atoms with Crippen molar-refractivity contribution in [3.63, 3.8) is 0 Å². The molecule has 2 atom stereocenters. The fourth-order valence-corrected chi connectivity index (χ4v) is 2.14. The van der Waals surface area contributed by atoms with Gasteiger partial charge in [0.25, 0.3) is 0 Å². The van der Waals surface area contributed by atoms with E-state index in [9.17, 15) is 19.7 Å². The van der Waals surface area contributed by atoms with Gasteiger partial charge in [0, 0.05) is 4.92 Å². The number of carbonyl (C=O) groups is 2. The monoisotopic (exact) mass is 361 g/mol. The number of carbonyl (C=O) groups excluding carboxylic acids is 2. The lowest BCUT2D eigenvalue weighted by molar-refractivity contribution is -0.493. The number of nitro groups is 1. The molecule has 1 aromatic rings. The highest BCUT2D eigenvalue weighted by Crippen LogP contribution is 2.29. The Morgan fingerprint density at radius 3 is 2.65 bits per heavy atom. The molecule has 0 fully saturated rings. The van der Waals surface area contributed by atoms with Crippen LogP contribution in [0.2, 0.25) is 0 Å². The van der Waals surface area contributed by atoms with Crippen LogP contribution in [-0.2, 0) is 9.59 Å². The maximum Gasteiger partial charge on any atom is 0.368 e. The minimum absolute atomic E-state index is 0.0395. The zero-order valence-electron chi connectivity index (χ0n) is 14.6. The summed E-state index contributed by atoms with van der Waals surface area (Å²) in [6, 6.07) is 3.24. The van der Waals surface area contributed by atoms with Crippen LogP contribution in [-0.4, -0.2) is 41.8 Å². The highest BCUT2D eigenvalue weighted by atomic mass is 16.6. The maximum absolute atomic E-state index is 11.6. The topological polar surface area (TPSA) is 120 Å². The van der Waals surface area contributed by atoms with Gasteiger partial charge in [0.2, 0.25) is 0 Å². The largest absolute Gasteiger partial charge is 0.493 e. The summed E-state index contributed by atoms with van der Waals surface area (Å²) in [7, 11) is 1.52. The number of nitrogens with one attached hydrogen (secondary N) is 1. The van der Waals surface area contributed by atoms with E-state index < -0.39 is 22.8 Å². The lowest BCUT2D eigenvalue weighted by atomic mass is 10.1. The molecule has 1 N–H and O–H groups in total. The number of hydrogen-bond acceptors (Lipinski definition) is 6. The molecule has 0 spiro atoms. The molecule has 9 heteroatoms. The number of hydrogen-bond donors (Lipinski definition) is 1. The van der Waals surface area contributed by atoms with Crippen LogP contribution in [0.1, 0.15) is 25.8 Å². The van der Waals surface area contributed by atoms with Crippen LogP contribution in [0.5, 0.6) is 11.5 Å². The van der Waals surface area contributed by atoms with Gasteiger partial charge in [0.05, 0.1) is 13.2 Å². The minimum atomic E-state index is -2.00. The molecule has 2 amide bonds. The molecule has 1 aromatic carbocycles. The molecule has 1 aliphatic heterocycles. The first-order chi connectivity index (χ1) is 12.3. The number of rotatable bonds is 7. The number of aliphatic imine (C=N–C) groups is 1. The Hall–Kier alpha value is -3.23. The summed E-state index contributed by atoms with van der Waals surface area (Å²) < 4.78 is 11.1. The molecule has 0 saturated carbocycles. The van der Waals surface area contributed by atoms with Crippen LogP contribution in [0.15, 0.2) is 29.3 Å². The lowest BCUT2D eigenvalue weighted by Gasteiger charge is -2.16. The molecule has 1 heterocycles. The maximum atomic E-state index is 11.6. The summed E-state index contributed by atoms with van der Waals surface area (Å²) in [5.74, 6) is -1.03. The molecule has 1 aliphatic rings. The van der Waals surface area contributed by atoms with E-state index in [0.717, 1.165) is 6.42 Å². The van der Waals surface area contributed by atoms with Crippen molar-refractivity contribution in [3.8, 4) is 11.5 Å². The fourth-order valence-electron chi connectivity index (χ4n) is 2.14. The number of nitrogens with zero attached hydrogens (tertiary/aromatic N) is 2. The second kappa shape index (κ2) is 8.24. The van der Waals surface area contributed by atoms with Crippen LogP contribution < -0.4 is 14.8 Å². The van der Waals surface area contributed by atoms with Gasteiger partial charge in [-0.15, -0.1) is 0 Å². The van der Waals surface area contributed by atoms with E-state index in [0.29, 0.717) is 17.1 Å². The number of benzene rings is 1. The molecule has 0 aliphatic carbocycles. The van der Waals surface area contributed by atoms with Crippen molar-refractivity contribution in [3.05, 3.63) is 40.0 Å². The number of methoxy groups -OCH3 is 1. The van der Waals surface area contributed by atoms with Crippen LogP contribution in [0.25, 0.3) is 6.08 Å². The predicted octanol–water partition coefficient (Wildman–Crippen LogP) is 1.59. The van der Waals surface area contributed by atoms with Crippen molar-refractivity contribution < 1.29 is 24.0 Å². The van der Waals surface area contributed by atoms with Crippen molar-refractivity contribution >= 4 is 23.7 Å². The third kappa shape index (κ3) is 4.44. The molecular formula is C17H19N3O6. The Morgan fingerprint density at radius 2 is 2.08 bits per heavy atom. The summed E-state index contributed by atoms with van der Waals surface area (Å²) in [6.07, 6.45) is 3.87. The first-order valence-electron chi connectivity index (χ1n) is 7.95.